The Morgan fingerprint density at radius 3 is 2.50 bits per heavy atom. The Morgan fingerprint density at radius 1 is 1.18 bits per heavy atom. The van der Waals surface area contributed by atoms with Crippen molar-refractivity contribution in [3.05, 3.63) is 53.6 Å². The fourth-order valence-electron chi connectivity index (χ4n) is 4.33. The zero-order valence-corrected chi connectivity index (χ0v) is 21.3. The standard InChI is InChI=1S/C27H39N3O4/c1-19-15-30(20(2)18-31)27(32)14-22-13-23(28(3)4)9-12-25(22)34-26(19)17-29(5)16-21-7-10-24(33-6)11-8-21/h7-13,19-20,26,31H,14-18H2,1-6H3/t19-,20-,26+/m1/s1. The van der Waals surface area contributed by atoms with Crippen molar-refractivity contribution in [3.63, 3.8) is 0 Å². The number of aliphatic hydroxyl groups is 1. The number of benzene rings is 2. The fourth-order valence-corrected chi connectivity index (χ4v) is 4.33. The maximum Gasteiger partial charge on any atom is 0.227 e. The van der Waals surface area contributed by atoms with E-state index in [0.717, 1.165) is 29.3 Å². The van der Waals surface area contributed by atoms with Gasteiger partial charge in [-0.3, -0.25) is 9.69 Å². The van der Waals surface area contributed by atoms with Gasteiger partial charge in [0.15, 0.2) is 0 Å². The van der Waals surface area contributed by atoms with E-state index in [1.54, 1.807) is 7.11 Å². The molecule has 1 heterocycles. The maximum atomic E-state index is 13.3. The molecule has 186 valence electrons. The lowest BCUT2D eigenvalue weighted by atomic mass is 10.0. The number of hydrogen-bond donors (Lipinski definition) is 1. The number of amides is 1. The quantitative estimate of drug-likeness (QED) is 0.641. The highest BCUT2D eigenvalue weighted by atomic mass is 16.5. The number of ether oxygens (including phenoxy) is 2. The van der Waals surface area contributed by atoms with Crippen molar-refractivity contribution in [2.75, 3.05) is 52.8 Å². The van der Waals surface area contributed by atoms with Crippen LogP contribution in [0.4, 0.5) is 5.69 Å². The third-order valence-electron chi connectivity index (χ3n) is 6.52. The SMILES string of the molecule is COc1ccc(CN(C)C[C@@H]2Oc3ccc(N(C)C)cc3CC(=O)N([C@H](C)CO)C[C@H]2C)cc1. The molecule has 7 heteroatoms. The van der Waals surface area contributed by atoms with Crippen LogP contribution in [0, 0.1) is 5.92 Å². The molecule has 0 fully saturated rings. The molecular formula is C27H39N3O4. The van der Waals surface area contributed by atoms with E-state index >= 15 is 0 Å². The molecule has 0 unspecified atom stereocenters. The number of nitrogens with zero attached hydrogens (tertiary/aromatic N) is 3. The second-order valence-electron chi connectivity index (χ2n) is 9.62. The van der Waals surface area contributed by atoms with Crippen molar-refractivity contribution >= 4 is 11.6 Å². The molecule has 1 amide bonds. The monoisotopic (exact) mass is 469 g/mol. The van der Waals surface area contributed by atoms with Crippen molar-refractivity contribution in [2.45, 2.75) is 39.0 Å². The van der Waals surface area contributed by atoms with Crippen molar-refractivity contribution in [1.29, 1.82) is 0 Å². The molecule has 2 aromatic rings. The van der Waals surface area contributed by atoms with E-state index in [2.05, 4.69) is 31.0 Å². The van der Waals surface area contributed by atoms with Gasteiger partial charge >= 0.3 is 0 Å². The maximum absolute atomic E-state index is 13.3. The molecule has 2 aromatic carbocycles. The van der Waals surface area contributed by atoms with Crippen LogP contribution in [0.25, 0.3) is 0 Å². The third-order valence-corrected chi connectivity index (χ3v) is 6.52. The molecule has 7 nitrogen and oxygen atoms in total. The summed E-state index contributed by atoms with van der Waals surface area (Å²) in [5.74, 6) is 1.69. The van der Waals surface area contributed by atoms with Gasteiger partial charge in [0.1, 0.15) is 17.6 Å². The second kappa shape index (κ2) is 11.6. The van der Waals surface area contributed by atoms with Gasteiger partial charge in [-0.25, -0.2) is 0 Å². The first-order valence-electron chi connectivity index (χ1n) is 11.9. The van der Waals surface area contributed by atoms with Gasteiger partial charge in [-0.15, -0.1) is 0 Å². The smallest absolute Gasteiger partial charge is 0.227 e. The Labute approximate surface area is 203 Å². The van der Waals surface area contributed by atoms with Crippen LogP contribution in [-0.2, 0) is 17.8 Å². The number of fused-ring (bicyclic) bond motifs is 1. The van der Waals surface area contributed by atoms with E-state index in [1.165, 1.54) is 5.56 Å². The summed E-state index contributed by atoms with van der Waals surface area (Å²) in [6.07, 6.45) is 0.133. The van der Waals surface area contributed by atoms with Gasteiger partial charge in [0, 0.05) is 50.9 Å². The van der Waals surface area contributed by atoms with Crippen LogP contribution < -0.4 is 14.4 Å². The fraction of sp³-hybridized carbons (Fsp3) is 0.519. The average Bonchev–Trinajstić information content (AvgIpc) is 2.86. The summed E-state index contributed by atoms with van der Waals surface area (Å²) in [7, 11) is 7.72. The number of carbonyl (C=O) groups excluding carboxylic acids is 1. The predicted molar refractivity (Wildman–Crippen MR) is 136 cm³/mol. The predicted octanol–water partition coefficient (Wildman–Crippen LogP) is 3.04. The van der Waals surface area contributed by atoms with Crippen molar-refractivity contribution in [2.24, 2.45) is 5.92 Å². The van der Waals surface area contributed by atoms with Gasteiger partial charge in [-0.05, 0) is 49.9 Å². The normalized spacial score (nSPS) is 19.5. The summed E-state index contributed by atoms with van der Waals surface area (Å²) >= 11 is 0. The Bertz CT molecular complexity index is 947. The van der Waals surface area contributed by atoms with Gasteiger partial charge < -0.3 is 24.4 Å². The number of rotatable bonds is 8. The zero-order valence-electron chi connectivity index (χ0n) is 21.3. The molecule has 0 aromatic heterocycles. The Balaban J connectivity index is 1.86. The summed E-state index contributed by atoms with van der Waals surface area (Å²) in [5.41, 5.74) is 3.10. The van der Waals surface area contributed by atoms with Crippen molar-refractivity contribution in [1.82, 2.24) is 9.80 Å². The van der Waals surface area contributed by atoms with E-state index in [-0.39, 0.29) is 37.0 Å². The number of aliphatic hydroxyl groups excluding tert-OH is 1. The van der Waals surface area contributed by atoms with Crippen molar-refractivity contribution < 1.29 is 19.4 Å². The lowest BCUT2D eigenvalue weighted by Crippen LogP contribution is -2.47. The van der Waals surface area contributed by atoms with Crippen LogP contribution in [0.2, 0.25) is 0 Å². The molecule has 0 bridgehead atoms. The highest BCUT2D eigenvalue weighted by Crippen LogP contribution is 2.30. The average molecular weight is 470 g/mol. The summed E-state index contributed by atoms with van der Waals surface area (Å²) in [6.45, 7) is 5.97. The van der Waals surface area contributed by atoms with E-state index in [0.29, 0.717) is 13.1 Å². The van der Waals surface area contributed by atoms with Gasteiger partial charge in [-0.2, -0.15) is 0 Å². The first kappa shape index (κ1) is 25.8. The minimum atomic E-state index is -0.244. The molecule has 1 N–H and O–H groups in total. The van der Waals surface area contributed by atoms with Crippen LogP contribution in [0.5, 0.6) is 11.5 Å². The summed E-state index contributed by atoms with van der Waals surface area (Å²) < 4.78 is 11.9. The lowest BCUT2D eigenvalue weighted by molar-refractivity contribution is -0.134. The molecule has 1 aliphatic heterocycles. The Hall–Kier alpha value is -2.77. The molecule has 0 spiro atoms. The Morgan fingerprint density at radius 2 is 1.88 bits per heavy atom. The van der Waals surface area contributed by atoms with Gasteiger partial charge in [0.2, 0.25) is 5.91 Å². The zero-order chi connectivity index (χ0) is 24.8. The molecule has 0 saturated carbocycles. The summed E-state index contributed by atoms with van der Waals surface area (Å²) in [4.78, 5) is 19.3. The molecule has 0 saturated heterocycles. The molecular weight excluding hydrogens is 430 g/mol. The minimum absolute atomic E-state index is 0.0152. The number of likely N-dealkylation sites (N-methyl/N-ethyl adjacent to an activating group) is 1. The molecule has 1 aliphatic rings. The van der Waals surface area contributed by atoms with Gasteiger partial charge in [-0.1, -0.05) is 19.1 Å². The highest BCUT2D eigenvalue weighted by molar-refractivity contribution is 5.80. The lowest BCUT2D eigenvalue weighted by Gasteiger charge is -2.34. The molecule has 0 aliphatic carbocycles. The van der Waals surface area contributed by atoms with Crippen LogP contribution in [0.3, 0.4) is 0 Å². The van der Waals surface area contributed by atoms with Crippen LogP contribution in [0.1, 0.15) is 25.0 Å². The van der Waals surface area contributed by atoms with Crippen LogP contribution in [-0.4, -0.2) is 80.9 Å². The highest BCUT2D eigenvalue weighted by Gasteiger charge is 2.31. The second-order valence-corrected chi connectivity index (χ2v) is 9.62. The Kier molecular flexibility index (Phi) is 8.80. The topological polar surface area (TPSA) is 65.5 Å². The van der Waals surface area contributed by atoms with E-state index < -0.39 is 0 Å². The number of anilines is 1. The first-order valence-corrected chi connectivity index (χ1v) is 11.9. The molecule has 34 heavy (non-hydrogen) atoms. The largest absolute Gasteiger partial charge is 0.497 e. The molecule has 3 rings (SSSR count). The first-order chi connectivity index (χ1) is 16.2. The van der Waals surface area contributed by atoms with Crippen LogP contribution in [0.15, 0.2) is 42.5 Å². The molecule has 3 atom stereocenters. The van der Waals surface area contributed by atoms with Gasteiger partial charge in [0.05, 0.1) is 26.2 Å². The number of hydrogen-bond acceptors (Lipinski definition) is 6. The van der Waals surface area contributed by atoms with Crippen molar-refractivity contribution in [3.8, 4) is 11.5 Å². The summed E-state index contributed by atoms with van der Waals surface area (Å²) in [6, 6.07) is 13.9. The number of carbonyl (C=O) groups is 1. The third kappa shape index (κ3) is 6.42. The van der Waals surface area contributed by atoms with E-state index in [1.807, 2.05) is 61.2 Å². The van der Waals surface area contributed by atoms with E-state index in [9.17, 15) is 9.90 Å². The van der Waals surface area contributed by atoms with Crippen LogP contribution >= 0.6 is 0 Å². The number of methoxy groups -OCH3 is 1. The van der Waals surface area contributed by atoms with Gasteiger partial charge in [0.25, 0.3) is 0 Å². The minimum Gasteiger partial charge on any atom is -0.497 e. The van der Waals surface area contributed by atoms with E-state index in [4.69, 9.17) is 9.47 Å². The molecule has 0 radical (unpaired) electrons. The summed E-state index contributed by atoms with van der Waals surface area (Å²) in [5, 5.41) is 9.80.